The molecule has 0 radical (unpaired) electrons. The Kier molecular flexibility index (Phi) is 6.33. The summed E-state index contributed by atoms with van der Waals surface area (Å²) in [4.78, 5) is 12.9. The molecule has 3 aromatic rings. The Labute approximate surface area is 155 Å². The van der Waals surface area contributed by atoms with Crippen LogP contribution < -0.4 is 10.1 Å². The normalized spacial score (nSPS) is 14.4. The second-order valence-electron chi connectivity index (χ2n) is 5.98. The summed E-state index contributed by atoms with van der Waals surface area (Å²) in [6.45, 7) is 1.62. The molecule has 1 aromatic carbocycles. The lowest BCUT2D eigenvalue weighted by molar-refractivity contribution is 0.0837. The second-order valence-corrected chi connectivity index (χ2v) is 5.98. The largest absolute Gasteiger partial charge is 0.480 e. The van der Waals surface area contributed by atoms with E-state index in [1.807, 2.05) is 31.3 Å². The molecule has 1 saturated heterocycles. The first kappa shape index (κ1) is 18.1. The van der Waals surface area contributed by atoms with Crippen LogP contribution in [0.2, 0.25) is 0 Å². The van der Waals surface area contributed by atoms with Crippen LogP contribution in [0.25, 0.3) is 10.9 Å². The molecule has 6 nitrogen and oxygen atoms in total. The molecular formula is C20H26N4O2. The number of para-hydroxylation sites is 1. The molecular weight excluding hydrogens is 328 g/mol. The Balaban J connectivity index is 0.000000189. The molecule has 4 rings (SSSR count). The molecule has 1 fully saturated rings. The molecule has 0 bridgehead atoms. The van der Waals surface area contributed by atoms with Gasteiger partial charge in [-0.1, -0.05) is 18.2 Å². The maximum absolute atomic E-state index is 5.31. The van der Waals surface area contributed by atoms with Crippen LogP contribution in [0.5, 0.6) is 5.88 Å². The van der Waals surface area contributed by atoms with Gasteiger partial charge in [-0.05, 0) is 31.0 Å². The molecule has 3 heterocycles. The Hall–Kier alpha value is -2.73. The van der Waals surface area contributed by atoms with Crippen molar-refractivity contribution >= 4 is 16.7 Å². The van der Waals surface area contributed by atoms with Gasteiger partial charge in [-0.2, -0.15) is 0 Å². The number of anilines is 1. The fraction of sp³-hybridized carbons (Fsp3) is 0.350. The van der Waals surface area contributed by atoms with Gasteiger partial charge in [0.15, 0.2) is 0 Å². The summed E-state index contributed by atoms with van der Waals surface area (Å²) < 4.78 is 10.5. The summed E-state index contributed by atoms with van der Waals surface area (Å²) in [7, 11) is 3.50. The van der Waals surface area contributed by atoms with Gasteiger partial charge in [0.25, 0.3) is 0 Å². The molecule has 0 amide bonds. The number of hydrogen-bond donors (Lipinski definition) is 1. The van der Waals surface area contributed by atoms with E-state index in [9.17, 15) is 0 Å². The summed E-state index contributed by atoms with van der Waals surface area (Å²) in [5.41, 5.74) is 2.00. The molecule has 0 unspecified atom stereocenters. The SMILES string of the molecule is CNc1ccc2ccccc2n1.COc1nccnc1C1CCOCC1.[HH]. The fourth-order valence-electron chi connectivity index (χ4n) is 2.95. The standard InChI is InChI=1S/C10H14N2O2.C10H10N2.H2/c1-13-10-9(11-4-5-12-10)8-2-6-14-7-3-8;1-11-10-7-6-8-4-2-3-5-9(8)12-10;/h4-5,8H,2-3,6-7H2,1H3;2-7H,1H3,(H,11,12);1H. The highest BCUT2D eigenvalue weighted by molar-refractivity contribution is 5.79. The first-order chi connectivity index (χ1) is 12.8. The summed E-state index contributed by atoms with van der Waals surface area (Å²) in [6.07, 6.45) is 5.39. The van der Waals surface area contributed by atoms with Gasteiger partial charge >= 0.3 is 0 Å². The maximum Gasteiger partial charge on any atom is 0.235 e. The van der Waals surface area contributed by atoms with E-state index in [4.69, 9.17) is 9.47 Å². The van der Waals surface area contributed by atoms with E-state index in [2.05, 4.69) is 32.4 Å². The van der Waals surface area contributed by atoms with Crippen LogP contribution in [0.4, 0.5) is 5.82 Å². The van der Waals surface area contributed by atoms with Crippen LogP contribution >= 0.6 is 0 Å². The molecule has 26 heavy (non-hydrogen) atoms. The Bertz CT molecular complexity index is 841. The van der Waals surface area contributed by atoms with Crippen LogP contribution in [0.15, 0.2) is 48.8 Å². The minimum atomic E-state index is 0. The minimum absolute atomic E-state index is 0. The van der Waals surface area contributed by atoms with Gasteiger partial charge in [-0.15, -0.1) is 0 Å². The van der Waals surface area contributed by atoms with E-state index in [-0.39, 0.29) is 1.43 Å². The number of fused-ring (bicyclic) bond motifs is 1. The molecule has 2 aromatic heterocycles. The summed E-state index contributed by atoms with van der Waals surface area (Å²) in [5, 5.41) is 4.19. The Morgan fingerprint density at radius 1 is 1.08 bits per heavy atom. The van der Waals surface area contributed by atoms with Gasteiger partial charge in [0.05, 0.1) is 12.6 Å². The van der Waals surface area contributed by atoms with Gasteiger partial charge in [0.2, 0.25) is 5.88 Å². The number of nitrogens with one attached hydrogen (secondary N) is 1. The topological polar surface area (TPSA) is 69.2 Å². The third-order valence-corrected chi connectivity index (χ3v) is 4.35. The van der Waals surface area contributed by atoms with Gasteiger partial charge in [-0.25, -0.2) is 9.97 Å². The van der Waals surface area contributed by atoms with Crippen LogP contribution in [0.1, 0.15) is 25.9 Å². The van der Waals surface area contributed by atoms with Crippen molar-refractivity contribution in [3.05, 3.63) is 54.5 Å². The summed E-state index contributed by atoms with van der Waals surface area (Å²) >= 11 is 0. The molecule has 1 aliphatic rings. The Morgan fingerprint density at radius 2 is 1.85 bits per heavy atom. The minimum Gasteiger partial charge on any atom is -0.480 e. The number of rotatable bonds is 3. The number of nitrogens with zero attached hydrogens (tertiary/aromatic N) is 3. The average molecular weight is 354 g/mol. The lowest BCUT2D eigenvalue weighted by Crippen LogP contribution is -2.16. The van der Waals surface area contributed by atoms with E-state index in [0.29, 0.717) is 11.8 Å². The van der Waals surface area contributed by atoms with Crippen molar-refractivity contribution < 1.29 is 10.9 Å². The third-order valence-electron chi connectivity index (χ3n) is 4.35. The number of ether oxygens (including phenoxy) is 2. The van der Waals surface area contributed by atoms with Gasteiger partial charge < -0.3 is 14.8 Å². The van der Waals surface area contributed by atoms with E-state index in [1.165, 1.54) is 5.39 Å². The molecule has 6 heteroatoms. The van der Waals surface area contributed by atoms with Gasteiger partial charge in [-0.3, -0.25) is 4.98 Å². The number of pyridine rings is 1. The number of benzene rings is 1. The average Bonchev–Trinajstić information content (AvgIpc) is 2.74. The molecule has 0 saturated carbocycles. The van der Waals surface area contributed by atoms with Crippen molar-refractivity contribution in [1.29, 1.82) is 0 Å². The lowest BCUT2D eigenvalue weighted by Gasteiger charge is -2.22. The summed E-state index contributed by atoms with van der Waals surface area (Å²) in [6, 6.07) is 12.1. The molecule has 0 atom stereocenters. The second kappa shape index (κ2) is 9.10. The van der Waals surface area contributed by atoms with Crippen molar-refractivity contribution in [2.75, 3.05) is 32.7 Å². The monoisotopic (exact) mass is 354 g/mol. The zero-order valence-corrected chi connectivity index (χ0v) is 15.2. The highest BCUT2D eigenvalue weighted by Crippen LogP contribution is 2.29. The lowest BCUT2D eigenvalue weighted by atomic mass is 9.96. The van der Waals surface area contributed by atoms with Crippen molar-refractivity contribution in [3.63, 3.8) is 0 Å². The van der Waals surface area contributed by atoms with E-state index < -0.39 is 0 Å². The fourth-order valence-corrected chi connectivity index (χ4v) is 2.95. The number of methoxy groups -OCH3 is 1. The molecule has 1 aliphatic heterocycles. The smallest absolute Gasteiger partial charge is 0.235 e. The molecule has 138 valence electrons. The first-order valence-electron chi connectivity index (χ1n) is 8.78. The number of hydrogen-bond acceptors (Lipinski definition) is 6. The van der Waals surface area contributed by atoms with Crippen molar-refractivity contribution in [1.82, 2.24) is 15.0 Å². The van der Waals surface area contributed by atoms with Crippen molar-refractivity contribution in [2.45, 2.75) is 18.8 Å². The number of aromatic nitrogens is 3. The predicted octanol–water partition coefficient (Wildman–Crippen LogP) is 3.90. The quantitative estimate of drug-likeness (QED) is 0.769. The van der Waals surface area contributed by atoms with Crippen LogP contribution in [-0.4, -0.2) is 42.3 Å². The zero-order valence-electron chi connectivity index (χ0n) is 15.2. The predicted molar refractivity (Wildman–Crippen MR) is 105 cm³/mol. The van der Waals surface area contributed by atoms with Crippen molar-refractivity contribution in [3.8, 4) is 5.88 Å². The maximum atomic E-state index is 5.31. The molecule has 0 spiro atoms. The van der Waals surface area contributed by atoms with E-state index >= 15 is 0 Å². The van der Waals surface area contributed by atoms with Crippen LogP contribution in [0.3, 0.4) is 0 Å². The van der Waals surface area contributed by atoms with Crippen LogP contribution in [-0.2, 0) is 4.74 Å². The molecule has 1 N–H and O–H groups in total. The highest BCUT2D eigenvalue weighted by atomic mass is 16.5. The van der Waals surface area contributed by atoms with Crippen molar-refractivity contribution in [2.24, 2.45) is 0 Å². The Morgan fingerprint density at radius 3 is 2.62 bits per heavy atom. The van der Waals surface area contributed by atoms with Gasteiger partial charge in [0.1, 0.15) is 11.5 Å². The highest BCUT2D eigenvalue weighted by Gasteiger charge is 2.21. The zero-order chi connectivity index (χ0) is 18.2. The van der Waals surface area contributed by atoms with E-state index in [1.54, 1.807) is 19.5 Å². The van der Waals surface area contributed by atoms with Crippen LogP contribution in [0, 0.1) is 0 Å². The van der Waals surface area contributed by atoms with Gasteiger partial charge in [0, 0.05) is 45.4 Å². The molecule has 0 aliphatic carbocycles. The summed E-state index contributed by atoms with van der Waals surface area (Å²) in [5.74, 6) is 2.00. The first-order valence-corrected chi connectivity index (χ1v) is 8.78. The third kappa shape index (κ3) is 4.46. The van der Waals surface area contributed by atoms with E-state index in [0.717, 1.165) is 43.1 Å².